The molecular formula is C14H17Cl2NO3. The number of benzene rings is 1. The maximum atomic E-state index is 10.4. The number of ether oxygens (including phenoxy) is 1. The first kappa shape index (κ1) is 15.6. The van der Waals surface area contributed by atoms with Crippen LogP contribution in [0.3, 0.4) is 0 Å². The van der Waals surface area contributed by atoms with Crippen LogP contribution in [0.5, 0.6) is 0 Å². The number of aliphatic carboxylic acids is 1. The van der Waals surface area contributed by atoms with Crippen molar-refractivity contribution >= 4 is 29.2 Å². The topological polar surface area (TPSA) is 49.8 Å². The highest BCUT2D eigenvalue weighted by molar-refractivity contribution is 6.42. The fourth-order valence-electron chi connectivity index (χ4n) is 2.32. The lowest BCUT2D eigenvalue weighted by Crippen LogP contribution is -2.37. The fourth-order valence-corrected chi connectivity index (χ4v) is 2.64. The van der Waals surface area contributed by atoms with Gasteiger partial charge in [0.15, 0.2) is 0 Å². The lowest BCUT2D eigenvalue weighted by Gasteiger charge is -2.31. The van der Waals surface area contributed by atoms with Crippen molar-refractivity contribution in [2.75, 3.05) is 19.7 Å². The zero-order chi connectivity index (χ0) is 14.5. The highest BCUT2D eigenvalue weighted by atomic mass is 35.5. The summed E-state index contributed by atoms with van der Waals surface area (Å²) in [5, 5.41) is 9.72. The summed E-state index contributed by atoms with van der Waals surface area (Å²) in [6.07, 6.45) is 1.76. The van der Waals surface area contributed by atoms with Gasteiger partial charge in [-0.05, 0) is 30.5 Å². The number of piperidine rings is 1. The van der Waals surface area contributed by atoms with Gasteiger partial charge in [-0.25, -0.2) is 4.79 Å². The van der Waals surface area contributed by atoms with E-state index < -0.39 is 5.97 Å². The molecule has 1 saturated heterocycles. The molecule has 1 aromatic rings. The third kappa shape index (κ3) is 4.63. The van der Waals surface area contributed by atoms with Crippen molar-refractivity contribution in [2.24, 2.45) is 0 Å². The first-order chi connectivity index (χ1) is 9.54. The molecule has 0 spiro atoms. The van der Waals surface area contributed by atoms with E-state index in [9.17, 15) is 4.79 Å². The maximum absolute atomic E-state index is 10.4. The quantitative estimate of drug-likeness (QED) is 0.906. The molecule has 0 atom stereocenters. The summed E-state index contributed by atoms with van der Waals surface area (Å²) in [7, 11) is 0. The van der Waals surface area contributed by atoms with Gasteiger partial charge in [-0.3, -0.25) is 4.90 Å². The van der Waals surface area contributed by atoms with E-state index in [1.807, 2.05) is 18.2 Å². The lowest BCUT2D eigenvalue weighted by atomic mass is 10.1. The van der Waals surface area contributed by atoms with Crippen molar-refractivity contribution in [3.05, 3.63) is 33.8 Å². The largest absolute Gasteiger partial charge is 0.480 e. The van der Waals surface area contributed by atoms with Crippen LogP contribution in [0, 0.1) is 0 Å². The zero-order valence-corrected chi connectivity index (χ0v) is 12.5. The first-order valence-corrected chi connectivity index (χ1v) is 7.30. The van der Waals surface area contributed by atoms with Crippen LogP contribution in [-0.2, 0) is 16.1 Å². The Morgan fingerprint density at radius 2 is 2.00 bits per heavy atom. The van der Waals surface area contributed by atoms with Crippen LogP contribution in [0.4, 0.5) is 0 Å². The maximum Gasteiger partial charge on any atom is 0.329 e. The number of carboxylic acid groups (broad SMARTS) is 1. The third-order valence-electron chi connectivity index (χ3n) is 3.37. The van der Waals surface area contributed by atoms with Crippen LogP contribution < -0.4 is 0 Å². The molecule has 1 N–H and O–H groups in total. The van der Waals surface area contributed by atoms with E-state index in [-0.39, 0.29) is 12.7 Å². The molecule has 1 aliphatic rings. The van der Waals surface area contributed by atoms with Crippen LogP contribution in [0.1, 0.15) is 18.4 Å². The fraction of sp³-hybridized carbons (Fsp3) is 0.500. The average Bonchev–Trinajstić information content (AvgIpc) is 2.42. The Kier molecular flexibility index (Phi) is 5.66. The van der Waals surface area contributed by atoms with Crippen molar-refractivity contribution in [1.29, 1.82) is 0 Å². The van der Waals surface area contributed by atoms with Gasteiger partial charge in [0.05, 0.1) is 16.1 Å². The zero-order valence-electron chi connectivity index (χ0n) is 11.0. The third-order valence-corrected chi connectivity index (χ3v) is 4.11. The van der Waals surface area contributed by atoms with Gasteiger partial charge in [-0.1, -0.05) is 29.3 Å². The van der Waals surface area contributed by atoms with Gasteiger partial charge >= 0.3 is 5.97 Å². The van der Waals surface area contributed by atoms with Crippen molar-refractivity contribution < 1.29 is 14.6 Å². The molecule has 0 unspecified atom stereocenters. The van der Waals surface area contributed by atoms with E-state index >= 15 is 0 Å². The molecule has 0 aliphatic carbocycles. The summed E-state index contributed by atoms with van der Waals surface area (Å²) in [4.78, 5) is 12.8. The number of hydrogen-bond acceptors (Lipinski definition) is 3. The van der Waals surface area contributed by atoms with E-state index in [1.165, 1.54) is 0 Å². The number of carboxylic acids is 1. The van der Waals surface area contributed by atoms with E-state index in [0.717, 1.165) is 38.0 Å². The number of nitrogens with zero attached hydrogens (tertiary/aromatic N) is 1. The Morgan fingerprint density at radius 3 is 2.60 bits per heavy atom. The Hall–Kier alpha value is -0.810. The number of hydrogen-bond donors (Lipinski definition) is 1. The van der Waals surface area contributed by atoms with E-state index in [1.54, 1.807) is 0 Å². The van der Waals surface area contributed by atoms with Crippen LogP contribution in [0.15, 0.2) is 18.2 Å². The van der Waals surface area contributed by atoms with Crippen LogP contribution in [0.2, 0.25) is 10.0 Å². The lowest BCUT2D eigenvalue weighted by molar-refractivity contribution is -0.145. The van der Waals surface area contributed by atoms with Crippen molar-refractivity contribution in [3.63, 3.8) is 0 Å². The molecule has 0 amide bonds. The molecule has 0 aromatic heterocycles. The summed E-state index contributed by atoms with van der Waals surface area (Å²) in [6, 6.07) is 5.67. The summed E-state index contributed by atoms with van der Waals surface area (Å²) in [5.74, 6) is -0.914. The second-order valence-electron chi connectivity index (χ2n) is 4.93. The molecule has 1 aliphatic heterocycles. The van der Waals surface area contributed by atoms with Gasteiger partial charge in [0.2, 0.25) is 0 Å². The van der Waals surface area contributed by atoms with Gasteiger partial charge in [0.1, 0.15) is 6.61 Å². The molecule has 20 heavy (non-hydrogen) atoms. The van der Waals surface area contributed by atoms with Crippen LogP contribution >= 0.6 is 23.2 Å². The minimum Gasteiger partial charge on any atom is -0.480 e. The van der Waals surface area contributed by atoms with Crippen LogP contribution in [0.25, 0.3) is 0 Å². The molecule has 0 bridgehead atoms. The predicted molar refractivity (Wildman–Crippen MR) is 78.3 cm³/mol. The molecular weight excluding hydrogens is 301 g/mol. The SMILES string of the molecule is O=C(O)COC1CCN(Cc2ccc(Cl)c(Cl)c2)CC1. The average molecular weight is 318 g/mol. The molecule has 0 radical (unpaired) electrons. The summed E-state index contributed by atoms with van der Waals surface area (Å²) < 4.78 is 5.31. The van der Waals surface area contributed by atoms with Gasteiger partial charge in [-0.15, -0.1) is 0 Å². The normalized spacial score (nSPS) is 17.3. The van der Waals surface area contributed by atoms with Crippen LogP contribution in [-0.4, -0.2) is 41.8 Å². The predicted octanol–water partition coefficient (Wildman–Crippen LogP) is 3.06. The molecule has 110 valence electrons. The second kappa shape index (κ2) is 7.27. The molecule has 6 heteroatoms. The number of halogens is 2. The first-order valence-electron chi connectivity index (χ1n) is 6.54. The second-order valence-corrected chi connectivity index (χ2v) is 5.74. The van der Waals surface area contributed by atoms with Crippen molar-refractivity contribution in [3.8, 4) is 0 Å². The molecule has 1 aromatic carbocycles. The smallest absolute Gasteiger partial charge is 0.329 e. The Morgan fingerprint density at radius 1 is 1.30 bits per heavy atom. The van der Waals surface area contributed by atoms with Crippen molar-refractivity contribution in [2.45, 2.75) is 25.5 Å². The number of carbonyl (C=O) groups is 1. The van der Waals surface area contributed by atoms with Gasteiger partial charge in [0.25, 0.3) is 0 Å². The monoisotopic (exact) mass is 317 g/mol. The minimum atomic E-state index is -0.914. The van der Waals surface area contributed by atoms with Crippen molar-refractivity contribution in [1.82, 2.24) is 4.90 Å². The Bertz CT molecular complexity index is 473. The minimum absolute atomic E-state index is 0.0520. The molecule has 4 nitrogen and oxygen atoms in total. The highest BCUT2D eigenvalue weighted by Crippen LogP contribution is 2.24. The number of rotatable bonds is 5. The summed E-state index contributed by atoms with van der Waals surface area (Å²) in [5.41, 5.74) is 1.13. The number of likely N-dealkylation sites (tertiary alicyclic amines) is 1. The van der Waals surface area contributed by atoms with E-state index in [4.69, 9.17) is 33.0 Å². The highest BCUT2D eigenvalue weighted by Gasteiger charge is 2.20. The van der Waals surface area contributed by atoms with E-state index in [2.05, 4.69) is 4.90 Å². The molecule has 1 fully saturated rings. The Labute approximate surface area is 128 Å². The summed E-state index contributed by atoms with van der Waals surface area (Å²) in [6.45, 7) is 2.40. The molecule has 2 rings (SSSR count). The summed E-state index contributed by atoms with van der Waals surface area (Å²) >= 11 is 11.9. The van der Waals surface area contributed by atoms with Gasteiger partial charge in [0, 0.05) is 19.6 Å². The standard InChI is InChI=1S/C14H17Cl2NO3/c15-12-2-1-10(7-13(12)16)8-17-5-3-11(4-6-17)20-9-14(18)19/h1-2,7,11H,3-6,8-9H2,(H,18,19). The molecule has 0 saturated carbocycles. The Balaban J connectivity index is 1.79. The van der Waals surface area contributed by atoms with E-state index in [0.29, 0.717) is 10.0 Å². The van der Waals surface area contributed by atoms with Gasteiger partial charge in [-0.2, -0.15) is 0 Å². The molecule has 1 heterocycles. The van der Waals surface area contributed by atoms with Gasteiger partial charge < -0.3 is 9.84 Å².